The number of hydrogen-bond acceptors (Lipinski definition) is 3. The van der Waals surface area contributed by atoms with Gasteiger partial charge < -0.3 is 14.0 Å². The summed E-state index contributed by atoms with van der Waals surface area (Å²) in [5.74, 6) is 1.91. The number of rotatable bonds is 10. The summed E-state index contributed by atoms with van der Waals surface area (Å²) in [6.07, 6.45) is 7.53. The number of nitrogens with zero attached hydrogens (tertiary/aromatic N) is 2. The molecule has 0 bridgehead atoms. The summed E-state index contributed by atoms with van der Waals surface area (Å²) in [6, 6.07) is 32.2. The van der Waals surface area contributed by atoms with Crippen molar-refractivity contribution in [2.24, 2.45) is 0 Å². The molecule has 0 radical (unpaired) electrons. The van der Waals surface area contributed by atoms with Crippen LogP contribution in [0.1, 0.15) is 54.0 Å². The summed E-state index contributed by atoms with van der Waals surface area (Å²) in [7, 11) is 1.71. The van der Waals surface area contributed by atoms with Gasteiger partial charge in [0.25, 0.3) is 0 Å². The van der Waals surface area contributed by atoms with Gasteiger partial charge in [-0.05, 0) is 79.0 Å². The van der Waals surface area contributed by atoms with Crippen LogP contribution in [-0.4, -0.2) is 42.8 Å². The highest BCUT2D eigenvalue weighted by Gasteiger charge is 2.20. The first kappa shape index (κ1) is 25.2. The van der Waals surface area contributed by atoms with Crippen molar-refractivity contribution in [3.05, 3.63) is 120 Å². The molecular formula is C33H38N2O2. The van der Waals surface area contributed by atoms with E-state index in [4.69, 9.17) is 9.47 Å². The Kier molecular flexibility index (Phi) is 8.60. The maximum absolute atomic E-state index is 6.15. The molecule has 3 aromatic carbocycles. The number of benzene rings is 3. The lowest BCUT2D eigenvalue weighted by Crippen LogP contribution is -2.29. The minimum absolute atomic E-state index is 0.107. The first-order chi connectivity index (χ1) is 18.3. The zero-order valence-electron chi connectivity index (χ0n) is 21.9. The molecule has 192 valence electrons. The summed E-state index contributed by atoms with van der Waals surface area (Å²) in [5, 5.41) is 0. The fourth-order valence-electron chi connectivity index (χ4n) is 5.35. The third-order valence-corrected chi connectivity index (χ3v) is 7.39. The average Bonchev–Trinajstić information content (AvgIpc) is 3.22. The fourth-order valence-corrected chi connectivity index (χ4v) is 5.35. The van der Waals surface area contributed by atoms with Crippen molar-refractivity contribution < 1.29 is 9.47 Å². The Morgan fingerprint density at radius 1 is 0.703 bits per heavy atom. The fraction of sp³-hybridized carbons (Fsp3) is 0.333. The van der Waals surface area contributed by atoms with Crippen molar-refractivity contribution in [3.63, 3.8) is 0 Å². The Morgan fingerprint density at radius 3 is 2.00 bits per heavy atom. The van der Waals surface area contributed by atoms with Crippen LogP contribution in [0.2, 0.25) is 0 Å². The predicted molar refractivity (Wildman–Crippen MR) is 151 cm³/mol. The van der Waals surface area contributed by atoms with Crippen LogP contribution < -0.4 is 9.47 Å². The molecule has 2 heterocycles. The van der Waals surface area contributed by atoms with E-state index in [0.29, 0.717) is 0 Å². The Hall–Kier alpha value is -3.50. The van der Waals surface area contributed by atoms with Crippen LogP contribution in [0, 0.1) is 0 Å². The molecule has 1 atom stereocenters. The van der Waals surface area contributed by atoms with Crippen LogP contribution in [0.5, 0.6) is 11.5 Å². The zero-order chi connectivity index (χ0) is 25.3. The van der Waals surface area contributed by atoms with Gasteiger partial charge in [0.1, 0.15) is 18.1 Å². The minimum atomic E-state index is 0.107. The molecule has 0 spiro atoms. The molecule has 37 heavy (non-hydrogen) atoms. The van der Waals surface area contributed by atoms with Crippen molar-refractivity contribution in [2.75, 3.05) is 33.4 Å². The van der Waals surface area contributed by atoms with E-state index in [1.54, 1.807) is 7.11 Å². The monoisotopic (exact) mass is 494 g/mol. The van der Waals surface area contributed by atoms with Crippen molar-refractivity contribution in [1.82, 2.24) is 9.47 Å². The van der Waals surface area contributed by atoms with E-state index in [-0.39, 0.29) is 5.92 Å². The zero-order valence-corrected chi connectivity index (χ0v) is 21.9. The lowest BCUT2D eigenvalue weighted by atomic mass is 9.88. The lowest BCUT2D eigenvalue weighted by molar-refractivity contribution is 0.214. The molecule has 1 fully saturated rings. The van der Waals surface area contributed by atoms with E-state index in [1.165, 1.54) is 61.2 Å². The van der Waals surface area contributed by atoms with Crippen LogP contribution in [-0.2, 0) is 6.54 Å². The van der Waals surface area contributed by atoms with E-state index in [1.807, 2.05) is 12.1 Å². The highest BCUT2D eigenvalue weighted by Crippen LogP contribution is 2.34. The molecule has 4 aromatic rings. The van der Waals surface area contributed by atoms with Gasteiger partial charge in [-0.1, -0.05) is 67.4 Å². The maximum Gasteiger partial charge on any atom is 0.119 e. The highest BCUT2D eigenvalue weighted by molar-refractivity contribution is 5.44. The summed E-state index contributed by atoms with van der Waals surface area (Å²) < 4.78 is 13.9. The molecule has 0 saturated carbocycles. The smallest absolute Gasteiger partial charge is 0.119 e. The van der Waals surface area contributed by atoms with Gasteiger partial charge in [-0.25, -0.2) is 0 Å². The standard InChI is InChI=1S/C33H38N2O2/c1-36-30-17-13-28(14-18-30)33(32-12-9-23-35(32)26-27-10-5-4-6-11-27)29-15-19-31(20-16-29)37-25-24-34-21-7-2-3-8-22-34/h4-6,9-20,23,33H,2-3,7-8,21-22,24-26H2,1H3/t33-/m1/s1. The Morgan fingerprint density at radius 2 is 1.35 bits per heavy atom. The third-order valence-electron chi connectivity index (χ3n) is 7.39. The van der Waals surface area contributed by atoms with Gasteiger partial charge in [-0.3, -0.25) is 4.90 Å². The van der Waals surface area contributed by atoms with E-state index in [9.17, 15) is 0 Å². The SMILES string of the molecule is COc1ccc([C@H](c2ccc(OCCN3CCCCCC3)cc2)c2cccn2Cc2ccccc2)cc1. The van der Waals surface area contributed by atoms with Gasteiger partial charge in [0.15, 0.2) is 0 Å². The summed E-state index contributed by atoms with van der Waals surface area (Å²) in [5.41, 5.74) is 5.05. The van der Waals surface area contributed by atoms with E-state index >= 15 is 0 Å². The van der Waals surface area contributed by atoms with Gasteiger partial charge in [0, 0.05) is 30.9 Å². The number of methoxy groups -OCH3 is 1. The molecule has 1 aliphatic heterocycles. The van der Waals surface area contributed by atoms with E-state index in [2.05, 4.69) is 94.5 Å². The number of hydrogen-bond donors (Lipinski definition) is 0. The van der Waals surface area contributed by atoms with E-state index in [0.717, 1.165) is 31.2 Å². The maximum atomic E-state index is 6.15. The predicted octanol–water partition coefficient (Wildman–Crippen LogP) is 6.98. The number of aromatic nitrogens is 1. The molecular weight excluding hydrogens is 456 g/mol. The second kappa shape index (κ2) is 12.6. The van der Waals surface area contributed by atoms with Crippen LogP contribution in [0.4, 0.5) is 0 Å². The Labute approximate surface area is 221 Å². The molecule has 0 N–H and O–H groups in total. The number of likely N-dealkylation sites (tertiary alicyclic amines) is 1. The first-order valence-electron chi connectivity index (χ1n) is 13.6. The molecule has 4 nitrogen and oxygen atoms in total. The normalized spacial score (nSPS) is 15.2. The quantitative estimate of drug-likeness (QED) is 0.238. The number of ether oxygens (including phenoxy) is 2. The second-order valence-corrected chi connectivity index (χ2v) is 9.93. The minimum Gasteiger partial charge on any atom is -0.497 e. The topological polar surface area (TPSA) is 26.6 Å². The highest BCUT2D eigenvalue weighted by atomic mass is 16.5. The molecule has 1 aromatic heterocycles. The van der Waals surface area contributed by atoms with Crippen molar-refractivity contribution >= 4 is 0 Å². The largest absolute Gasteiger partial charge is 0.497 e. The molecule has 5 rings (SSSR count). The molecule has 0 aliphatic carbocycles. The first-order valence-corrected chi connectivity index (χ1v) is 13.6. The molecule has 4 heteroatoms. The van der Waals surface area contributed by atoms with Gasteiger partial charge in [0.05, 0.1) is 7.11 Å². The van der Waals surface area contributed by atoms with Gasteiger partial charge in [-0.2, -0.15) is 0 Å². The van der Waals surface area contributed by atoms with Crippen LogP contribution in [0.3, 0.4) is 0 Å². The average molecular weight is 495 g/mol. The molecule has 0 amide bonds. The molecule has 0 unspecified atom stereocenters. The van der Waals surface area contributed by atoms with Gasteiger partial charge >= 0.3 is 0 Å². The third kappa shape index (κ3) is 6.64. The lowest BCUT2D eigenvalue weighted by Gasteiger charge is -2.22. The van der Waals surface area contributed by atoms with Crippen LogP contribution in [0.25, 0.3) is 0 Å². The molecule has 1 saturated heterocycles. The van der Waals surface area contributed by atoms with Crippen molar-refractivity contribution in [3.8, 4) is 11.5 Å². The van der Waals surface area contributed by atoms with E-state index < -0.39 is 0 Å². The molecule has 1 aliphatic rings. The van der Waals surface area contributed by atoms with Crippen LogP contribution >= 0.6 is 0 Å². The Bertz CT molecular complexity index is 1210. The van der Waals surface area contributed by atoms with Crippen molar-refractivity contribution in [2.45, 2.75) is 38.1 Å². The van der Waals surface area contributed by atoms with Crippen molar-refractivity contribution in [1.29, 1.82) is 0 Å². The van der Waals surface area contributed by atoms with Gasteiger partial charge in [0.2, 0.25) is 0 Å². The van der Waals surface area contributed by atoms with Crippen LogP contribution in [0.15, 0.2) is 97.2 Å². The second-order valence-electron chi connectivity index (χ2n) is 9.93. The van der Waals surface area contributed by atoms with Gasteiger partial charge in [-0.15, -0.1) is 0 Å². The Balaban J connectivity index is 1.35. The summed E-state index contributed by atoms with van der Waals surface area (Å²) in [4.78, 5) is 2.54. The summed E-state index contributed by atoms with van der Waals surface area (Å²) >= 11 is 0. The summed E-state index contributed by atoms with van der Waals surface area (Å²) in [6.45, 7) is 4.99.